The van der Waals surface area contributed by atoms with E-state index in [2.05, 4.69) is 15.9 Å². The molecule has 0 fully saturated rings. The van der Waals surface area contributed by atoms with Gasteiger partial charge in [-0.3, -0.25) is 4.79 Å². The topological polar surface area (TPSA) is 52.6 Å². The van der Waals surface area contributed by atoms with Crippen molar-refractivity contribution >= 4 is 27.7 Å². The molecule has 0 aliphatic heterocycles. The fraction of sp³-hybridized carbons (Fsp3) is 0.125. The van der Waals surface area contributed by atoms with Crippen LogP contribution in [0.15, 0.2) is 40.9 Å². The number of rotatable bonds is 5. The van der Waals surface area contributed by atoms with E-state index in [1.54, 1.807) is 0 Å². The van der Waals surface area contributed by atoms with Gasteiger partial charge in [-0.25, -0.2) is 13.6 Å². The highest BCUT2D eigenvalue weighted by Gasteiger charge is 2.18. The van der Waals surface area contributed by atoms with Crippen LogP contribution in [-0.2, 0) is 4.74 Å². The summed E-state index contributed by atoms with van der Waals surface area (Å²) in [7, 11) is 1.33. The Morgan fingerprint density at radius 2 is 1.83 bits per heavy atom. The number of ketones is 1. The normalized spacial score (nSPS) is 10.3. The highest BCUT2D eigenvalue weighted by molar-refractivity contribution is 9.10. The summed E-state index contributed by atoms with van der Waals surface area (Å²) in [6.07, 6.45) is 0. The maximum Gasteiger partial charge on any atom is 0.341 e. The molecule has 0 atom stereocenters. The number of carbonyl (C=O) groups is 2. The maximum atomic E-state index is 13.6. The van der Waals surface area contributed by atoms with Crippen LogP contribution in [0, 0.1) is 11.6 Å². The van der Waals surface area contributed by atoms with Crippen molar-refractivity contribution in [1.29, 1.82) is 0 Å². The van der Waals surface area contributed by atoms with E-state index < -0.39 is 30.0 Å². The minimum Gasteiger partial charge on any atom is -0.496 e. The average molecular weight is 385 g/mol. The molecule has 0 saturated heterocycles. The van der Waals surface area contributed by atoms with Crippen molar-refractivity contribution < 1.29 is 27.8 Å². The van der Waals surface area contributed by atoms with E-state index in [1.807, 2.05) is 0 Å². The Hall–Kier alpha value is -2.28. The molecule has 0 unspecified atom stereocenters. The van der Waals surface area contributed by atoms with Crippen molar-refractivity contribution in [3.8, 4) is 5.75 Å². The van der Waals surface area contributed by atoms with Gasteiger partial charge in [-0.05, 0) is 36.4 Å². The van der Waals surface area contributed by atoms with E-state index in [-0.39, 0.29) is 16.9 Å². The molecule has 0 radical (unpaired) electrons. The largest absolute Gasteiger partial charge is 0.496 e. The van der Waals surface area contributed by atoms with Gasteiger partial charge in [0.1, 0.15) is 17.4 Å². The molecule has 0 N–H and O–H groups in total. The summed E-state index contributed by atoms with van der Waals surface area (Å²) in [6, 6.07) is 7.22. The number of hydrogen-bond donors (Lipinski definition) is 0. The standard InChI is InChI=1S/C16H11BrF2O4/c1-22-15-5-3-10(18)7-12(15)14(20)8-23-16(21)11-4-2-9(17)6-13(11)19/h2-7H,8H2,1H3. The molecule has 2 rings (SSSR count). The molecule has 0 heterocycles. The zero-order valence-electron chi connectivity index (χ0n) is 11.9. The molecule has 0 saturated carbocycles. The van der Waals surface area contributed by atoms with E-state index in [1.165, 1.54) is 25.3 Å². The van der Waals surface area contributed by atoms with Gasteiger partial charge >= 0.3 is 5.97 Å². The van der Waals surface area contributed by atoms with E-state index in [0.29, 0.717) is 4.47 Å². The summed E-state index contributed by atoms with van der Waals surface area (Å²) in [6.45, 7) is -0.659. The van der Waals surface area contributed by atoms with Crippen LogP contribution in [0.1, 0.15) is 20.7 Å². The van der Waals surface area contributed by atoms with Gasteiger partial charge < -0.3 is 9.47 Å². The van der Waals surface area contributed by atoms with Crippen LogP contribution in [0.2, 0.25) is 0 Å². The lowest BCUT2D eigenvalue weighted by Crippen LogP contribution is -2.16. The van der Waals surface area contributed by atoms with Gasteiger partial charge in [-0.1, -0.05) is 15.9 Å². The Labute approximate surface area is 139 Å². The molecule has 120 valence electrons. The quantitative estimate of drug-likeness (QED) is 0.581. The lowest BCUT2D eigenvalue weighted by Gasteiger charge is -2.09. The van der Waals surface area contributed by atoms with Crippen LogP contribution < -0.4 is 4.74 Å². The van der Waals surface area contributed by atoms with Gasteiger partial charge in [0.25, 0.3) is 0 Å². The zero-order chi connectivity index (χ0) is 17.0. The third kappa shape index (κ3) is 4.13. The van der Waals surface area contributed by atoms with Crippen molar-refractivity contribution in [1.82, 2.24) is 0 Å². The molecule has 0 spiro atoms. The highest BCUT2D eigenvalue weighted by Crippen LogP contribution is 2.20. The molecule has 0 aromatic heterocycles. The van der Waals surface area contributed by atoms with Gasteiger partial charge in [-0.2, -0.15) is 0 Å². The fourth-order valence-electron chi connectivity index (χ4n) is 1.84. The number of Topliss-reactive ketones (excluding diaryl/α,β-unsaturated/α-hetero) is 1. The molecule has 0 aliphatic carbocycles. The number of ether oxygens (including phenoxy) is 2. The molecule has 2 aromatic rings. The maximum absolute atomic E-state index is 13.6. The second-order valence-corrected chi connectivity index (χ2v) is 5.38. The first kappa shape index (κ1) is 17.1. The lowest BCUT2D eigenvalue weighted by atomic mass is 10.1. The Bertz CT molecular complexity index is 762. The van der Waals surface area contributed by atoms with E-state index in [4.69, 9.17) is 9.47 Å². The van der Waals surface area contributed by atoms with Gasteiger partial charge in [0.15, 0.2) is 6.61 Å². The molecule has 0 aliphatic rings. The highest BCUT2D eigenvalue weighted by atomic mass is 79.9. The molecular formula is C16H11BrF2O4. The second-order valence-electron chi connectivity index (χ2n) is 4.47. The first-order valence-corrected chi connectivity index (χ1v) is 7.20. The van der Waals surface area contributed by atoms with Gasteiger partial charge in [0, 0.05) is 4.47 Å². The van der Waals surface area contributed by atoms with Gasteiger partial charge in [0.2, 0.25) is 5.78 Å². The predicted octanol–water partition coefficient (Wildman–Crippen LogP) is 3.78. The number of halogens is 3. The first-order chi connectivity index (χ1) is 10.9. The number of methoxy groups -OCH3 is 1. The van der Waals surface area contributed by atoms with Crippen LogP contribution in [0.4, 0.5) is 8.78 Å². The zero-order valence-corrected chi connectivity index (χ0v) is 13.5. The predicted molar refractivity (Wildman–Crippen MR) is 81.7 cm³/mol. The summed E-state index contributed by atoms with van der Waals surface area (Å²) >= 11 is 3.07. The Morgan fingerprint density at radius 1 is 1.09 bits per heavy atom. The molecule has 23 heavy (non-hydrogen) atoms. The second kappa shape index (κ2) is 7.32. The Kier molecular flexibility index (Phi) is 5.44. The van der Waals surface area contributed by atoms with Crippen LogP contribution in [0.3, 0.4) is 0 Å². The van der Waals surface area contributed by atoms with Crippen molar-refractivity contribution in [2.75, 3.05) is 13.7 Å². The number of carbonyl (C=O) groups excluding carboxylic acids is 2. The van der Waals surface area contributed by atoms with E-state index >= 15 is 0 Å². The van der Waals surface area contributed by atoms with Gasteiger partial charge in [-0.15, -0.1) is 0 Å². The summed E-state index contributed by atoms with van der Waals surface area (Å²) in [5, 5.41) is 0. The van der Waals surface area contributed by atoms with Crippen LogP contribution >= 0.6 is 15.9 Å². The minimum absolute atomic E-state index is 0.0587. The number of hydrogen-bond acceptors (Lipinski definition) is 4. The number of benzene rings is 2. The molecule has 0 bridgehead atoms. The Balaban J connectivity index is 2.10. The molecular weight excluding hydrogens is 374 g/mol. The summed E-state index contributed by atoms with van der Waals surface area (Å²) in [4.78, 5) is 23.8. The van der Waals surface area contributed by atoms with Crippen molar-refractivity contribution in [2.45, 2.75) is 0 Å². The molecule has 7 heteroatoms. The molecule has 4 nitrogen and oxygen atoms in total. The van der Waals surface area contributed by atoms with Crippen molar-refractivity contribution in [2.24, 2.45) is 0 Å². The van der Waals surface area contributed by atoms with Gasteiger partial charge in [0.05, 0.1) is 18.2 Å². The third-order valence-electron chi connectivity index (χ3n) is 2.95. The van der Waals surface area contributed by atoms with Crippen LogP contribution in [0.25, 0.3) is 0 Å². The van der Waals surface area contributed by atoms with Crippen molar-refractivity contribution in [3.05, 3.63) is 63.6 Å². The average Bonchev–Trinajstić information content (AvgIpc) is 2.52. The molecule has 2 aromatic carbocycles. The van der Waals surface area contributed by atoms with E-state index in [9.17, 15) is 18.4 Å². The lowest BCUT2D eigenvalue weighted by molar-refractivity contribution is 0.0469. The number of esters is 1. The molecule has 0 amide bonds. The fourth-order valence-corrected chi connectivity index (χ4v) is 2.17. The minimum atomic E-state index is -0.987. The monoisotopic (exact) mass is 384 g/mol. The third-order valence-corrected chi connectivity index (χ3v) is 3.44. The first-order valence-electron chi connectivity index (χ1n) is 6.41. The van der Waals surface area contributed by atoms with Crippen LogP contribution in [0.5, 0.6) is 5.75 Å². The van der Waals surface area contributed by atoms with E-state index in [0.717, 1.165) is 18.2 Å². The van der Waals surface area contributed by atoms with Crippen molar-refractivity contribution in [3.63, 3.8) is 0 Å². The summed E-state index contributed by atoms with van der Waals surface area (Å²) in [5.74, 6) is -2.90. The van der Waals surface area contributed by atoms with Crippen LogP contribution in [-0.4, -0.2) is 25.5 Å². The summed E-state index contributed by atoms with van der Waals surface area (Å²) < 4.78 is 37.1. The summed E-state index contributed by atoms with van der Waals surface area (Å²) in [5.41, 5.74) is -0.358. The smallest absolute Gasteiger partial charge is 0.341 e. The Morgan fingerprint density at radius 3 is 2.48 bits per heavy atom. The SMILES string of the molecule is COc1ccc(F)cc1C(=O)COC(=O)c1ccc(Br)cc1F.